The molecule has 0 saturated carbocycles. The molecule has 116 valence electrons. The van der Waals surface area contributed by atoms with Gasteiger partial charge in [-0.1, -0.05) is 73.2 Å². The van der Waals surface area contributed by atoms with Crippen LogP contribution < -0.4 is 0 Å². The lowest BCUT2D eigenvalue weighted by atomic mass is 9.98. The van der Waals surface area contributed by atoms with E-state index >= 15 is 0 Å². The number of carbonyl (C=O) groups is 1. The summed E-state index contributed by atoms with van der Waals surface area (Å²) < 4.78 is 0. The SMILES string of the molecule is CC/C=C/c1cc(C)ccc1\C(C)=C/C=C/C=C/CC(=O)O. The highest BCUT2D eigenvalue weighted by atomic mass is 16.4. The second-order valence-corrected chi connectivity index (χ2v) is 5.16. The van der Waals surface area contributed by atoms with E-state index in [1.54, 1.807) is 12.2 Å². The summed E-state index contributed by atoms with van der Waals surface area (Å²) in [6, 6.07) is 6.45. The highest BCUT2D eigenvalue weighted by Gasteiger charge is 2.01. The lowest BCUT2D eigenvalue weighted by Crippen LogP contribution is -1.89. The van der Waals surface area contributed by atoms with Crippen LogP contribution in [0.25, 0.3) is 11.6 Å². The van der Waals surface area contributed by atoms with E-state index in [0.717, 1.165) is 6.42 Å². The van der Waals surface area contributed by atoms with Gasteiger partial charge in [-0.15, -0.1) is 0 Å². The molecule has 2 heteroatoms. The Labute approximate surface area is 133 Å². The predicted molar refractivity (Wildman–Crippen MR) is 94.7 cm³/mol. The molecule has 1 aromatic rings. The molecule has 1 rings (SSSR count). The minimum atomic E-state index is -0.816. The quantitative estimate of drug-likeness (QED) is 0.683. The molecule has 0 heterocycles. The molecule has 0 unspecified atom stereocenters. The summed E-state index contributed by atoms with van der Waals surface area (Å²) in [5.74, 6) is -0.816. The zero-order valence-corrected chi connectivity index (χ0v) is 13.5. The van der Waals surface area contributed by atoms with Crippen molar-refractivity contribution < 1.29 is 9.90 Å². The second kappa shape index (κ2) is 9.56. The van der Waals surface area contributed by atoms with Crippen LogP contribution in [0.3, 0.4) is 0 Å². The van der Waals surface area contributed by atoms with Crippen LogP contribution >= 0.6 is 0 Å². The number of rotatable bonds is 7. The zero-order chi connectivity index (χ0) is 16.4. The summed E-state index contributed by atoms with van der Waals surface area (Å²) in [5, 5.41) is 8.54. The molecular formula is C20H24O2. The summed E-state index contributed by atoms with van der Waals surface area (Å²) in [6.07, 6.45) is 14.6. The summed E-state index contributed by atoms with van der Waals surface area (Å²) in [4.78, 5) is 10.4. The van der Waals surface area contributed by atoms with Crippen molar-refractivity contribution in [2.75, 3.05) is 0 Å². The molecule has 2 nitrogen and oxygen atoms in total. The first-order chi connectivity index (χ1) is 10.5. The van der Waals surface area contributed by atoms with Crippen molar-refractivity contribution in [3.05, 3.63) is 71.3 Å². The van der Waals surface area contributed by atoms with Crippen molar-refractivity contribution in [3.8, 4) is 0 Å². The number of aliphatic carboxylic acids is 1. The van der Waals surface area contributed by atoms with E-state index in [1.807, 2.05) is 18.2 Å². The molecular weight excluding hydrogens is 272 g/mol. The Morgan fingerprint density at radius 2 is 1.95 bits per heavy atom. The Bertz CT molecular complexity index is 617. The lowest BCUT2D eigenvalue weighted by molar-refractivity contribution is -0.136. The van der Waals surface area contributed by atoms with Crippen LogP contribution in [0.1, 0.15) is 43.4 Å². The van der Waals surface area contributed by atoms with E-state index < -0.39 is 5.97 Å². The molecule has 0 aromatic heterocycles. The molecule has 0 aliphatic carbocycles. The van der Waals surface area contributed by atoms with E-state index in [0.29, 0.717) is 0 Å². The lowest BCUT2D eigenvalue weighted by Gasteiger charge is -2.07. The van der Waals surface area contributed by atoms with Crippen molar-refractivity contribution in [3.63, 3.8) is 0 Å². The molecule has 0 spiro atoms. The first-order valence-electron chi connectivity index (χ1n) is 7.54. The third-order valence-electron chi connectivity index (χ3n) is 3.16. The first kappa shape index (κ1) is 17.7. The molecule has 0 atom stereocenters. The number of benzene rings is 1. The molecule has 0 saturated heterocycles. The maximum atomic E-state index is 10.4. The van der Waals surface area contributed by atoms with Gasteiger partial charge in [0.05, 0.1) is 6.42 Å². The van der Waals surface area contributed by atoms with Crippen LogP contribution in [-0.2, 0) is 4.79 Å². The number of hydrogen-bond acceptors (Lipinski definition) is 1. The van der Waals surface area contributed by atoms with Gasteiger partial charge in [-0.25, -0.2) is 0 Å². The Kier molecular flexibility index (Phi) is 7.69. The fraction of sp³-hybridized carbons (Fsp3) is 0.250. The highest BCUT2D eigenvalue weighted by molar-refractivity contribution is 5.74. The summed E-state index contributed by atoms with van der Waals surface area (Å²) in [7, 11) is 0. The van der Waals surface area contributed by atoms with Crippen molar-refractivity contribution in [2.45, 2.75) is 33.6 Å². The average Bonchev–Trinajstić information content (AvgIpc) is 2.48. The third-order valence-corrected chi connectivity index (χ3v) is 3.16. The molecule has 0 aliphatic heterocycles. The van der Waals surface area contributed by atoms with Gasteiger partial charge in [-0.2, -0.15) is 0 Å². The maximum Gasteiger partial charge on any atom is 0.307 e. The van der Waals surface area contributed by atoms with Crippen molar-refractivity contribution >= 4 is 17.6 Å². The smallest absolute Gasteiger partial charge is 0.307 e. The molecule has 0 bridgehead atoms. The Balaban J connectivity index is 2.87. The van der Waals surface area contributed by atoms with Crippen LogP contribution in [0.5, 0.6) is 0 Å². The molecule has 0 amide bonds. The predicted octanol–water partition coefficient (Wildman–Crippen LogP) is 5.41. The van der Waals surface area contributed by atoms with Gasteiger partial charge in [-0.3, -0.25) is 4.79 Å². The Hall–Kier alpha value is -2.35. The zero-order valence-electron chi connectivity index (χ0n) is 13.5. The highest BCUT2D eigenvalue weighted by Crippen LogP contribution is 2.22. The standard InChI is InChI=1S/C20H24O2/c1-4-5-11-18-15-16(2)13-14-19(18)17(3)10-8-6-7-9-12-20(21)22/h5-11,13-15H,4,12H2,1-3H3,(H,21,22)/b8-6+,9-7+,11-5+,17-10-. The van der Waals surface area contributed by atoms with Gasteiger partial charge in [0.1, 0.15) is 0 Å². The Morgan fingerprint density at radius 3 is 2.64 bits per heavy atom. The number of aryl methyl sites for hydroxylation is 1. The summed E-state index contributed by atoms with van der Waals surface area (Å²) in [6.45, 7) is 6.30. The summed E-state index contributed by atoms with van der Waals surface area (Å²) >= 11 is 0. The fourth-order valence-corrected chi connectivity index (χ4v) is 2.03. The third kappa shape index (κ3) is 6.40. The van der Waals surface area contributed by atoms with Gasteiger partial charge < -0.3 is 5.11 Å². The van der Waals surface area contributed by atoms with E-state index in [4.69, 9.17) is 5.11 Å². The van der Waals surface area contributed by atoms with E-state index in [9.17, 15) is 4.79 Å². The number of hydrogen-bond donors (Lipinski definition) is 1. The van der Waals surface area contributed by atoms with Gasteiger partial charge in [0.2, 0.25) is 0 Å². The molecule has 22 heavy (non-hydrogen) atoms. The van der Waals surface area contributed by atoms with Gasteiger partial charge in [-0.05, 0) is 37.0 Å². The maximum absolute atomic E-state index is 10.4. The van der Waals surface area contributed by atoms with Gasteiger partial charge in [0.15, 0.2) is 0 Å². The largest absolute Gasteiger partial charge is 0.481 e. The fourth-order valence-electron chi connectivity index (χ4n) is 2.03. The first-order valence-corrected chi connectivity index (χ1v) is 7.54. The minimum Gasteiger partial charge on any atom is -0.481 e. The molecule has 1 aromatic carbocycles. The van der Waals surface area contributed by atoms with Crippen molar-refractivity contribution in [1.82, 2.24) is 0 Å². The van der Waals surface area contributed by atoms with Crippen LogP contribution in [0.2, 0.25) is 0 Å². The molecule has 0 radical (unpaired) electrons. The van der Waals surface area contributed by atoms with E-state index in [1.165, 1.54) is 22.3 Å². The Morgan fingerprint density at radius 1 is 1.18 bits per heavy atom. The number of allylic oxidation sites excluding steroid dienone is 6. The second-order valence-electron chi connectivity index (χ2n) is 5.16. The van der Waals surface area contributed by atoms with Crippen LogP contribution in [0.15, 0.2) is 54.7 Å². The number of carboxylic acid groups (broad SMARTS) is 1. The van der Waals surface area contributed by atoms with Crippen molar-refractivity contribution in [2.24, 2.45) is 0 Å². The topological polar surface area (TPSA) is 37.3 Å². The van der Waals surface area contributed by atoms with Gasteiger partial charge in [0, 0.05) is 0 Å². The average molecular weight is 296 g/mol. The van der Waals surface area contributed by atoms with Crippen LogP contribution in [0, 0.1) is 6.92 Å². The molecule has 1 N–H and O–H groups in total. The van der Waals surface area contributed by atoms with Crippen LogP contribution in [0.4, 0.5) is 0 Å². The minimum absolute atomic E-state index is 0.0525. The van der Waals surface area contributed by atoms with E-state index in [-0.39, 0.29) is 6.42 Å². The van der Waals surface area contributed by atoms with Gasteiger partial charge >= 0.3 is 5.97 Å². The monoisotopic (exact) mass is 296 g/mol. The van der Waals surface area contributed by atoms with Crippen molar-refractivity contribution in [1.29, 1.82) is 0 Å². The van der Waals surface area contributed by atoms with E-state index in [2.05, 4.69) is 51.1 Å². The number of carboxylic acids is 1. The normalized spacial score (nSPS) is 12.8. The molecule has 0 fully saturated rings. The van der Waals surface area contributed by atoms with Crippen LogP contribution in [-0.4, -0.2) is 11.1 Å². The molecule has 0 aliphatic rings. The van der Waals surface area contributed by atoms with Gasteiger partial charge in [0.25, 0.3) is 0 Å². The summed E-state index contributed by atoms with van der Waals surface area (Å²) in [5.41, 5.74) is 4.87.